The number of rotatable bonds is 5. The standard InChI is InChI=1S/C24H26N2O3/c1-28-24(18-7-4-6-17(11-18)23(25)27)19-9-10-20(24)14-26(13-19)15-21-12-16-5-2-3-8-22(16)29-21/h2-8,11-12,19-20H,9-10,13-15H2,1H3,(H2,25,27). The van der Waals surface area contributed by atoms with Crippen LogP contribution in [0.15, 0.2) is 59.0 Å². The number of furan rings is 1. The SMILES string of the molecule is COC1(c2cccc(C(N)=O)c2)C2CCC1CN(Cc1cc3ccccc3o1)C2. The first-order valence-corrected chi connectivity index (χ1v) is 10.3. The maximum Gasteiger partial charge on any atom is 0.248 e. The number of hydrogen-bond donors (Lipinski definition) is 1. The number of fused-ring (bicyclic) bond motifs is 3. The molecule has 2 aliphatic rings. The van der Waals surface area contributed by atoms with Crippen LogP contribution in [0, 0.1) is 11.8 Å². The lowest BCUT2D eigenvalue weighted by Crippen LogP contribution is -2.52. The summed E-state index contributed by atoms with van der Waals surface area (Å²) in [6.45, 7) is 2.70. The molecule has 1 aliphatic carbocycles. The maximum absolute atomic E-state index is 11.7. The van der Waals surface area contributed by atoms with Crippen LogP contribution >= 0.6 is 0 Å². The Morgan fingerprint density at radius 2 is 1.90 bits per heavy atom. The van der Waals surface area contributed by atoms with Crippen molar-refractivity contribution < 1.29 is 13.9 Å². The first kappa shape index (κ1) is 18.4. The lowest BCUT2D eigenvalue weighted by molar-refractivity contribution is -0.120. The number of nitrogens with zero attached hydrogens (tertiary/aromatic N) is 1. The van der Waals surface area contributed by atoms with E-state index in [1.165, 1.54) is 0 Å². The average molecular weight is 390 g/mol. The molecule has 1 aromatic heterocycles. The van der Waals surface area contributed by atoms with Crippen molar-refractivity contribution in [2.75, 3.05) is 20.2 Å². The highest BCUT2D eigenvalue weighted by atomic mass is 16.5. The van der Waals surface area contributed by atoms with Crippen LogP contribution in [0.5, 0.6) is 0 Å². The summed E-state index contributed by atoms with van der Waals surface area (Å²) in [7, 11) is 1.80. The van der Waals surface area contributed by atoms with Gasteiger partial charge in [0.1, 0.15) is 16.9 Å². The van der Waals surface area contributed by atoms with Crippen molar-refractivity contribution in [1.82, 2.24) is 4.90 Å². The molecule has 0 radical (unpaired) electrons. The molecule has 1 aliphatic heterocycles. The van der Waals surface area contributed by atoms with Crippen LogP contribution in [-0.2, 0) is 16.9 Å². The van der Waals surface area contributed by atoms with Gasteiger partial charge in [-0.2, -0.15) is 0 Å². The van der Waals surface area contributed by atoms with Crippen molar-refractivity contribution >= 4 is 16.9 Å². The Bertz CT molecular complexity index is 1010. The third-order valence-electron chi connectivity index (χ3n) is 6.83. The second kappa shape index (κ2) is 7.01. The monoisotopic (exact) mass is 390 g/mol. The molecule has 2 aromatic carbocycles. The van der Waals surface area contributed by atoms with Gasteiger partial charge in [0.25, 0.3) is 0 Å². The molecule has 1 amide bonds. The highest BCUT2D eigenvalue weighted by molar-refractivity contribution is 5.93. The molecule has 5 nitrogen and oxygen atoms in total. The van der Waals surface area contributed by atoms with E-state index in [9.17, 15) is 4.79 Å². The Morgan fingerprint density at radius 1 is 1.14 bits per heavy atom. The van der Waals surface area contributed by atoms with Crippen molar-refractivity contribution in [3.63, 3.8) is 0 Å². The second-order valence-electron chi connectivity index (χ2n) is 8.36. The number of piperidine rings is 1. The topological polar surface area (TPSA) is 68.7 Å². The number of likely N-dealkylation sites (tertiary alicyclic amines) is 1. The smallest absolute Gasteiger partial charge is 0.248 e. The van der Waals surface area contributed by atoms with Gasteiger partial charge in [0.15, 0.2) is 0 Å². The minimum Gasteiger partial charge on any atom is -0.460 e. The predicted octanol–water partition coefficient (Wildman–Crippen LogP) is 3.92. The Balaban J connectivity index is 1.41. The Morgan fingerprint density at radius 3 is 2.59 bits per heavy atom. The Labute approximate surface area is 170 Å². The molecule has 150 valence electrons. The summed E-state index contributed by atoms with van der Waals surface area (Å²) in [4.78, 5) is 14.2. The van der Waals surface area contributed by atoms with Crippen LogP contribution in [-0.4, -0.2) is 31.0 Å². The average Bonchev–Trinajstić information content (AvgIpc) is 3.22. The molecular formula is C24H26N2O3. The molecule has 1 saturated heterocycles. The molecule has 0 spiro atoms. The molecule has 29 heavy (non-hydrogen) atoms. The van der Waals surface area contributed by atoms with Crippen LogP contribution in [0.4, 0.5) is 0 Å². The fraction of sp³-hybridized carbons (Fsp3) is 0.375. The van der Waals surface area contributed by atoms with E-state index in [-0.39, 0.29) is 5.60 Å². The van der Waals surface area contributed by atoms with E-state index in [4.69, 9.17) is 14.9 Å². The van der Waals surface area contributed by atoms with Crippen molar-refractivity contribution in [3.8, 4) is 0 Å². The molecule has 2 heterocycles. The summed E-state index contributed by atoms with van der Waals surface area (Å²) in [5.41, 5.74) is 7.73. The first-order valence-electron chi connectivity index (χ1n) is 10.3. The fourth-order valence-electron chi connectivity index (χ4n) is 5.62. The number of methoxy groups -OCH3 is 1. The lowest BCUT2D eigenvalue weighted by atomic mass is 9.74. The van der Waals surface area contributed by atoms with E-state index in [1.807, 2.05) is 30.3 Å². The van der Waals surface area contributed by atoms with Crippen LogP contribution in [0.25, 0.3) is 11.0 Å². The minimum absolute atomic E-state index is 0.351. The van der Waals surface area contributed by atoms with Crippen LogP contribution in [0.3, 0.4) is 0 Å². The number of para-hydroxylation sites is 1. The number of amides is 1. The maximum atomic E-state index is 11.7. The van der Waals surface area contributed by atoms with Crippen molar-refractivity contribution in [2.24, 2.45) is 17.6 Å². The number of carbonyl (C=O) groups is 1. The minimum atomic E-state index is -0.396. The zero-order valence-electron chi connectivity index (χ0n) is 16.6. The van der Waals surface area contributed by atoms with Gasteiger partial charge < -0.3 is 14.9 Å². The second-order valence-corrected chi connectivity index (χ2v) is 8.36. The highest BCUT2D eigenvalue weighted by Gasteiger charge is 2.55. The van der Waals surface area contributed by atoms with Crippen LogP contribution in [0.1, 0.15) is 34.5 Å². The summed E-state index contributed by atoms with van der Waals surface area (Å²) >= 11 is 0. The zero-order chi connectivity index (χ0) is 20.0. The molecule has 5 rings (SSSR count). The van der Waals surface area contributed by atoms with Gasteiger partial charge in [0.2, 0.25) is 5.91 Å². The molecule has 5 heteroatoms. The summed E-state index contributed by atoms with van der Waals surface area (Å²) in [5, 5.41) is 1.15. The van der Waals surface area contributed by atoms with Gasteiger partial charge in [0, 0.05) is 43.0 Å². The van der Waals surface area contributed by atoms with E-state index < -0.39 is 5.91 Å². The third kappa shape index (κ3) is 2.96. The van der Waals surface area contributed by atoms with Gasteiger partial charge in [-0.15, -0.1) is 0 Å². The summed E-state index contributed by atoms with van der Waals surface area (Å²) in [6, 6.07) is 18.0. The molecular weight excluding hydrogens is 364 g/mol. The van der Waals surface area contributed by atoms with Crippen LogP contribution < -0.4 is 5.73 Å². The van der Waals surface area contributed by atoms with E-state index in [1.54, 1.807) is 13.2 Å². The molecule has 2 unspecified atom stereocenters. The number of hydrogen-bond acceptors (Lipinski definition) is 4. The molecule has 2 bridgehead atoms. The number of ether oxygens (including phenoxy) is 1. The summed E-state index contributed by atoms with van der Waals surface area (Å²) < 4.78 is 12.3. The van der Waals surface area contributed by atoms with Gasteiger partial charge in [-0.1, -0.05) is 30.3 Å². The number of benzene rings is 2. The largest absolute Gasteiger partial charge is 0.460 e. The van der Waals surface area contributed by atoms with E-state index in [0.717, 1.165) is 54.8 Å². The van der Waals surface area contributed by atoms with Gasteiger partial charge >= 0.3 is 0 Å². The van der Waals surface area contributed by atoms with E-state index >= 15 is 0 Å². The van der Waals surface area contributed by atoms with Gasteiger partial charge in [0.05, 0.1) is 6.54 Å². The van der Waals surface area contributed by atoms with Crippen LogP contribution in [0.2, 0.25) is 0 Å². The number of primary amides is 1. The molecule has 2 N–H and O–H groups in total. The first-order chi connectivity index (χ1) is 14.1. The predicted molar refractivity (Wildman–Crippen MR) is 111 cm³/mol. The van der Waals surface area contributed by atoms with E-state index in [2.05, 4.69) is 23.1 Å². The van der Waals surface area contributed by atoms with E-state index in [0.29, 0.717) is 17.4 Å². The quantitative estimate of drug-likeness (QED) is 0.717. The van der Waals surface area contributed by atoms with Crippen molar-refractivity contribution in [1.29, 1.82) is 0 Å². The third-order valence-corrected chi connectivity index (χ3v) is 6.83. The Kier molecular flexibility index (Phi) is 4.45. The highest BCUT2D eigenvalue weighted by Crippen LogP contribution is 2.53. The Hall–Kier alpha value is -2.63. The van der Waals surface area contributed by atoms with Gasteiger partial charge in [-0.3, -0.25) is 9.69 Å². The van der Waals surface area contributed by atoms with Gasteiger partial charge in [-0.25, -0.2) is 0 Å². The molecule has 2 fully saturated rings. The molecule has 2 atom stereocenters. The number of nitrogens with two attached hydrogens (primary N) is 1. The molecule has 1 saturated carbocycles. The fourth-order valence-corrected chi connectivity index (χ4v) is 5.62. The zero-order valence-corrected chi connectivity index (χ0v) is 16.6. The van der Waals surface area contributed by atoms with Crippen molar-refractivity contribution in [2.45, 2.75) is 25.0 Å². The normalized spacial score (nSPS) is 26.8. The summed E-state index contributed by atoms with van der Waals surface area (Å²) in [6.07, 6.45) is 2.24. The summed E-state index contributed by atoms with van der Waals surface area (Å²) in [5.74, 6) is 1.36. The van der Waals surface area contributed by atoms with Gasteiger partial charge in [-0.05, 0) is 42.7 Å². The molecule has 3 aromatic rings. The number of carbonyl (C=O) groups excluding carboxylic acids is 1. The van der Waals surface area contributed by atoms with Crippen molar-refractivity contribution in [3.05, 3.63) is 71.5 Å². The lowest BCUT2D eigenvalue weighted by Gasteiger charge is -2.47.